The van der Waals surface area contributed by atoms with Gasteiger partial charge in [0.2, 0.25) is 5.78 Å². The van der Waals surface area contributed by atoms with Crippen LogP contribution in [-0.2, 0) is 17.4 Å². The summed E-state index contributed by atoms with van der Waals surface area (Å²) in [5.41, 5.74) is -0.104. The third-order valence-corrected chi connectivity index (χ3v) is 4.13. The number of alkyl halides is 3. The molecular formula is C18H11ClF3NO3. The van der Waals surface area contributed by atoms with Crippen LogP contribution in [0.25, 0.3) is 10.9 Å². The van der Waals surface area contributed by atoms with Crippen LogP contribution >= 0.6 is 11.6 Å². The molecular weight excluding hydrogens is 371 g/mol. The summed E-state index contributed by atoms with van der Waals surface area (Å²) in [5.74, 6) is -1.73. The average molecular weight is 382 g/mol. The van der Waals surface area contributed by atoms with Crippen molar-refractivity contribution in [2.75, 3.05) is 0 Å². The molecule has 1 heterocycles. The lowest BCUT2D eigenvalue weighted by molar-refractivity contribution is -0.138. The van der Waals surface area contributed by atoms with Gasteiger partial charge in [-0.2, -0.15) is 13.2 Å². The molecule has 0 fully saturated rings. The molecule has 0 unspecified atom stereocenters. The number of hydrogen-bond acceptors (Lipinski definition) is 2. The molecule has 4 nitrogen and oxygen atoms in total. The van der Waals surface area contributed by atoms with Crippen molar-refractivity contribution in [3.63, 3.8) is 0 Å². The zero-order chi connectivity index (χ0) is 19.1. The third-order valence-electron chi connectivity index (χ3n) is 3.90. The Kier molecular flexibility index (Phi) is 4.50. The lowest BCUT2D eigenvalue weighted by Crippen LogP contribution is -2.10. The normalized spacial score (nSPS) is 11.7. The Labute approximate surface area is 150 Å². The van der Waals surface area contributed by atoms with E-state index in [0.717, 1.165) is 24.3 Å². The van der Waals surface area contributed by atoms with Crippen LogP contribution in [0.3, 0.4) is 0 Å². The number of aromatic nitrogens is 1. The van der Waals surface area contributed by atoms with E-state index in [0.29, 0.717) is 15.9 Å². The number of aromatic amines is 1. The van der Waals surface area contributed by atoms with Crippen molar-refractivity contribution >= 4 is 34.3 Å². The molecule has 0 aliphatic carbocycles. The highest BCUT2D eigenvalue weighted by atomic mass is 35.5. The molecule has 0 radical (unpaired) electrons. The van der Waals surface area contributed by atoms with E-state index >= 15 is 0 Å². The summed E-state index contributed by atoms with van der Waals surface area (Å²) < 4.78 is 38.0. The molecule has 1 aromatic heterocycles. The second-order valence-electron chi connectivity index (χ2n) is 5.64. The summed E-state index contributed by atoms with van der Waals surface area (Å²) in [6.45, 7) is 0. The van der Waals surface area contributed by atoms with Crippen LogP contribution in [0, 0.1) is 0 Å². The number of H-pyrrole nitrogens is 1. The minimum absolute atomic E-state index is 0.0160. The van der Waals surface area contributed by atoms with Crippen LogP contribution in [0.2, 0.25) is 5.02 Å². The van der Waals surface area contributed by atoms with Gasteiger partial charge in [-0.1, -0.05) is 29.8 Å². The second-order valence-corrected chi connectivity index (χ2v) is 6.08. The number of carboxylic acids is 1. The number of ketones is 1. The van der Waals surface area contributed by atoms with Gasteiger partial charge < -0.3 is 10.1 Å². The van der Waals surface area contributed by atoms with Crippen molar-refractivity contribution in [2.24, 2.45) is 0 Å². The highest BCUT2D eigenvalue weighted by molar-refractivity contribution is 6.31. The fourth-order valence-electron chi connectivity index (χ4n) is 2.71. The first kappa shape index (κ1) is 18.0. The lowest BCUT2D eigenvalue weighted by Gasteiger charge is -2.07. The van der Waals surface area contributed by atoms with E-state index in [2.05, 4.69) is 4.98 Å². The quantitative estimate of drug-likeness (QED) is 0.644. The van der Waals surface area contributed by atoms with Crippen LogP contribution in [0.15, 0.2) is 42.5 Å². The number of carbonyl (C=O) groups excluding carboxylic acids is 1. The highest BCUT2D eigenvalue weighted by Gasteiger charge is 2.30. The summed E-state index contributed by atoms with van der Waals surface area (Å²) in [7, 11) is 0. The largest absolute Gasteiger partial charge is 0.481 e. The van der Waals surface area contributed by atoms with E-state index in [9.17, 15) is 22.8 Å². The molecule has 0 aliphatic heterocycles. The van der Waals surface area contributed by atoms with E-state index in [1.54, 1.807) is 18.2 Å². The Morgan fingerprint density at radius 1 is 1.08 bits per heavy atom. The molecule has 0 saturated heterocycles. The maximum Gasteiger partial charge on any atom is 0.416 e. The van der Waals surface area contributed by atoms with Crippen molar-refractivity contribution in [3.8, 4) is 0 Å². The summed E-state index contributed by atoms with van der Waals surface area (Å²) >= 11 is 5.91. The Hall–Kier alpha value is -2.80. The van der Waals surface area contributed by atoms with E-state index in [1.165, 1.54) is 0 Å². The molecule has 26 heavy (non-hydrogen) atoms. The zero-order valence-electron chi connectivity index (χ0n) is 13.0. The summed E-state index contributed by atoms with van der Waals surface area (Å²) in [6, 6.07) is 8.45. The number of fused-ring (bicyclic) bond motifs is 1. The highest BCUT2D eigenvalue weighted by Crippen LogP contribution is 2.31. The molecule has 8 heteroatoms. The number of carboxylic acid groups (broad SMARTS) is 1. The van der Waals surface area contributed by atoms with Crippen molar-refractivity contribution in [3.05, 3.63) is 69.9 Å². The number of hydrogen-bond donors (Lipinski definition) is 2. The van der Waals surface area contributed by atoms with Gasteiger partial charge in [0, 0.05) is 27.1 Å². The van der Waals surface area contributed by atoms with Crippen molar-refractivity contribution < 1.29 is 27.9 Å². The Balaban J connectivity index is 2.08. The molecule has 2 aromatic carbocycles. The number of halogens is 4. The standard InChI is InChI=1S/C18H11ClF3NO3/c19-11-5-6-12-13(8-15(24)25)16(23-14(12)7-11)17(26)9-1-3-10(4-2-9)18(20,21)22/h1-7,23H,8H2,(H,24,25). The molecule has 0 aliphatic rings. The lowest BCUT2D eigenvalue weighted by atomic mass is 10.0. The van der Waals surface area contributed by atoms with Crippen molar-refractivity contribution in [1.29, 1.82) is 0 Å². The minimum Gasteiger partial charge on any atom is -0.481 e. The van der Waals surface area contributed by atoms with E-state index in [4.69, 9.17) is 16.7 Å². The summed E-state index contributed by atoms with van der Waals surface area (Å²) in [6.07, 6.45) is -4.92. The molecule has 0 saturated carbocycles. The minimum atomic E-state index is -4.51. The SMILES string of the molecule is O=C(O)Cc1c(C(=O)c2ccc(C(F)(F)F)cc2)[nH]c2cc(Cl)ccc12. The van der Waals surface area contributed by atoms with Gasteiger partial charge in [0.05, 0.1) is 17.7 Å². The fraction of sp³-hybridized carbons (Fsp3) is 0.111. The molecule has 3 rings (SSSR count). The number of benzene rings is 2. The molecule has 0 bridgehead atoms. The van der Waals surface area contributed by atoms with Gasteiger partial charge in [-0.15, -0.1) is 0 Å². The zero-order valence-corrected chi connectivity index (χ0v) is 13.8. The number of rotatable bonds is 4. The van der Waals surface area contributed by atoms with Gasteiger partial charge in [-0.3, -0.25) is 9.59 Å². The van der Waals surface area contributed by atoms with Gasteiger partial charge in [0.15, 0.2) is 0 Å². The maximum absolute atomic E-state index is 12.7. The monoisotopic (exact) mass is 381 g/mol. The summed E-state index contributed by atoms with van der Waals surface area (Å²) in [5, 5.41) is 10.0. The molecule has 134 valence electrons. The molecule has 2 N–H and O–H groups in total. The van der Waals surface area contributed by atoms with Crippen molar-refractivity contribution in [2.45, 2.75) is 12.6 Å². The van der Waals surface area contributed by atoms with Crippen LogP contribution in [0.4, 0.5) is 13.2 Å². The van der Waals surface area contributed by atoms with Gasteiger partial charge in [0.1, 0.15) is 0 Å². The van der Waals surface area contributed by atoms with Crippen LogP contribution in [-0.4, -0.2) is 21.8 Å². The molecule has 0 amide bonds. The van der Waals surface area contributed by atoms with Gasteiger partial charge >= 0.3 is 12.1 Å². The van der Waals surface area contributed by atoms with E-state index in [1.807, 2.05) is 0 Å². The van der Waals surface area contributed by atoms with Crippen LogP contribution in [0.5, 0.6) is 0 Å². The second kappa shape index (κ2) is 6.49. The van der Waals surface area contributed by atoms with Crippen LogP contribution < -0.4 is 0 Å². The number of carbonyl (C=O) groups is 2. The summed E-state index contributed by atoms with van der Waals surface area (Å²) in [4.78, 5) is 26.7. The van der Waals surface area contributed by atoms with Crippen molar-refractivity contribution in [1.82, 2.24) is 4.98 Å². The first-order valence-corrected chi connectivity index (χ1v) is 7.78. The van der Waals surface area contributed by atoms with E-state index < -0.39 is 29.9 Å². The van der Waals surface area contributed by atoms with Gasteiger partial charge in [-0.05, 0) is 24.3 Å². The van der Waals surface area contributed by atoms with Gasteiger partial charge in [-0.25, -0.2) is 0 Å². The average Bonchev–Trinajstić information content (AvgIpc) is 2.90. The maximum atomic E-state index is 12.7. The predicted molar refractivity (Wildman–Crippen MR) is 89.5 cm³/mol. The fourth-order valence-corrected chi connectivity index (χ4v) is 2.88. The first-order valence-electron chi connectivity index (χ1n) is 7.40. The first-order chi connectivity index (χ1) is 12.2. The van der Waals surface area contributed by atoms with E-state index in [-0.39, 0.29) is 16.8 Å². The van der Waals surface area contributed by atoms with Crippen LogP contribution in [0.1, 0.15) is 27.2 Å². The number of nitrogens with one attached hydrogen (secondary N) is 1. The Morgan fingerprint density at radius 3 is 2.31 bits per heavy atom. The topological polar surface area (TPSA) is 70.2 Å². The van der Waals surface area contributed by atoms with Gasteiger partial charge in [0.25, 0.3) is 0 Å². The Morgan fingerprint density at radius 2 is 1.73 bits per heavy atom. The predicted octanol–water partition coefficient (Wildman–Crippen LogP) is 4.70. The number of aliphatic carboxylic acids is 1. The molecule has 0 atom stereocenters. The third kappa shape index (κ3) is 3.43. The Bertz CT molecular complexity index is 1010. The molecule has 3 aromatic rings. The smallest absolute Gasteiger partial charge is 0.416 e. The molecule has 0 spiro atoms.